The predicted octanol–water partition coefficient (Wildman–Crippen LogP) is 5.98. The molecule has 0 N–H and O–H groups in total. The van der Waals surface area contributed by atoms with Gasteiger partial charge in [0.1, 0.15) is 17.1 Å². The van der Waals surface area contributed by atoms with Crippen LogP contribution < -0.4 is 4.90 Å². The monoisotopic (exact) mass is 424 g/mol. The Morgan fingerprint density at radius 1 is 0.931 bits per heavy atom. The number of amidine groups is 1. The van der Waals surface area contributed by atoms with E-state index >= 15 is 0 Å². The van der Waals surface area contributed by atoms with Crippen molar-refractivity contribution >= 4 is 45.8 Å². The molecule has 7 nitrogen and oxygen atoms in total. The van der Waals surface area contributed by atoms with Crippen molar-refractivity contribution in [3.8, 4) is 0 Å². The van der Waals surface area contributed by atoms with E-state index in [0.717, 1.165) is 22.1 Å². The molecular weight excluding hydrogens is 404 g/mol. The van der Waals surface area contributed by atoms with Crippen LogP contribution in [0.2, 0.25) is 0 Å². The Labute approximate surface area is 178 Å². The fraction of sp³-hybridized carbons (Fsp3) is 0.250. The quantitative estimate of drug-likeness (QED) is 0.422. The summed E-state index contributed by atoms with van der Waals surface area (Å²) in [7, 11) is 3.65. The molecule has 2 aliphatic heterocycles. The predicted molar refractivity (Wildman–Crippen MR) is 120 cm³/mol. The number of aliphatic imine (C=N–C) groups is 1. The average molecular weight is 425 g/mol. The summed E-state index contributed by atoms with van der Waals surface area (Å²) in [4.78, 5) is 6.65. The number of fused-ring (bicyclic) bond motifs is 1. The highest BCUT2D eigenvalue weighted by Crippen LogP contribution is 2.45. The summed E-state index contributed by atoms with van der Waals surface area (Å²) >= 11 is 3.22. The molecule has 0 amide bonds. The number of ether oxygens (including phenoxy) is 1. The number of nitrogens with zero attached hydrogens (tertiary/aromatic N) is 6. The van der Waals surface area contributed by atoms with Gasteiger partial charge in [-0.1, -0.05) is 41.7 Å². The summed E-state index contributed by atoms with van der Waals surface area (Å²) in [6.07, 6.45) is 2.10. The second kappa shape index (κ2) is 9.34. The lowest BCUT2D eigenvalue weighted by atomic mass is 10.3. The van der Waals surface area contributed by atoms with Crippen LogP contribution in [0.25, 0.3) is 0 Å². The third kappa shape index (κ3) is 5.11. The van der Waals surface area contributed by atoms with Crippen LogP contribution in [-0.2, 0) is 4.74 Å². The topological polar surface area (TPSA) is 74.3 Å². The molecule has 2 aromatic rings. The van der Waals surface area contributed by atoms with Gasteiger partial charge in [0.05, 0.1) is 16.6 Å². The molecule has 148 valence electrons. The Morgan fingerprint density at radius 3 is 2.38 bits per heavy atom. The smallest absolute Gasteiger partial charge is 0.206 e. The normalized spacial score (nSPS) is 20.9. The van der Waals surface area contributed by atoms with Crippen molar-refractivity contribution in [2.24, 2.45) is 25.4 Å². The molecule has 0 aliphatic carbocycles. The van der Waals surface area contributed by atoms with E-state index in [1.54, 1.807) is 30.6 Å². The number of thioether (sulfide) groups is 2. The first kappa shape index (κ1) is 19.8. The fourth-order valence-corrected chi connectivity index (χ4v) is 5.05. The Morgan fingerprint density at radius 2 is 1.66 bits per heavy atom. The number of anilines is 1. The molecule has 0 bridgehead atoms. The van der Waals surface area contributed by atoms with Gasteiger partial charge in [-0.15, -0.1) is 15.3 Å². The Kier molecular flexibility index (Phi) is 6.38. The Bertz CT molecular complexity index is 959. The van der Waals surface area contributed by atoms with E-state index in [0.29, 0.717) is 11.9 Å². The Balaban J connectivity index is 1.32. The highest BCUT2D eigenvalue weighted by atomic mass is 32.2. The molecule has 4 rings (SSSR count). The zero-order valence-corrected chi connectivity index (χ0v) is 17.7. The lowest BCUT2D eigenvalue weighted by Gasteiger charge is -2.17. The molecule has 2 heterocycles. The number of hydrogen-bond donors (Lipinski definition) is 0. The van der Waals surface area contributed by atoms with E-state index in [1.807, 2.05) is 66.5 Å². The van der Waals surface area contributed by atoms with Gasteiger partial charge >= 0.3 is 0 Å². The highest BCUT2D eigenvalue weighted by molar-refractivity contribution is 8.16. The summed E-state index contributed by atoms with van der Waals surface area (Å²) in [6.45, 7) is 0.537. The number of benzene rings is 2. The molecule has 0 radical (unpaired) electrons. The van der Waals surface area contributed by atoms with Crippen molar-refractivity contribution in [3.63, 3.8) is 0 Å². The molecule has 2 aliphatic rings. The van der Waals surface area contributed by atoms with Gasteiger partial charge in [-0.05, 0) is 42.5 Å². The van der Waals surface area contributed by atoms with Crippen molar-refractivity contribution < 1.29 is 4.74 Å². The van der Waals surface area contributed by atoms with Gasteiger partial charge in [-0.3, -0.25) is 0 Å². The first-order valence-electron chi connectivity index (χ1n) is 9.03. The van der Waals surface area contributed by atoms with Crippen LogP contribution in [0.15, 0.2) is 91.2 Å². The van der Waals surface area contributed by atoms with Crippen LogP contribution in [0.3, 0.4) is 0 Å². The van der Waals surface area contributed by atoms with Crippen molar-refractivity contribution in [1.82, 2.24) is 0 Å². The standard InChI is InChI=1S/C20H20N6OS2/c1-26(13-27-2)16-10-8-15(9-11-16)23-25-20-21-19-17(28-20)12-18(29-19)24-22-14-6-4-3-5-7-14/h3-12,17,19H,13H2,1-2H3. The van der Waals surface area contributed by atoms with Crippen LogP contribution in [0.1, 0.15) is 0 Å². The molecule has 0 fully saturated rings. The first-order valence-corrected chi connectivity index (χ1v) is 10.8. The van der Waals surface area contributed by atoms with Gasteiger partial charge in [0, 0.05) is 19.8 Å². The largest absolute Gasteiger partial charge is 0.364 e. The van der Waals surface area contributed by atoms with E-state index in [-0.39, 0.29) is 10.6 Å². The maximum Gasteiger partial charge on any atom is 0.206 e. The van der Waals surface area contributed by atoms with Crippen molar-refractivity contribution in [2.45, 2.75) is 10.6 Å². The number of hydrogen-bond acceptors (Lipinski definition) is 9. The highest BCUT2D eigenvalue weighted by Gasteiger charge is 2.35. The molecule has 9 heteroatoms. The summed E-state index contributed by atoms with van der Waals surface area (Å²) in [5.74, 6) is 0. The molecule has 29 heavy (non-hydrogen) atoms. The third-order valence-electron chi connectivity index (χ3n) is 4.19. The number of azo groups is 2. The first-order chi connectivity index (χ1) is 14.2. The van der Waals surface area contributed by atoms with Crippen molar-refractivity contribution in [1.29, 1.82) is 0 Å². The molecule has 2 unspecified atom stereocenters. The Hall–Kier alpha value is -2.49. The zero-order chi connectivity index (χ0) is 20.1. The second-order valence-corrected chi connectivity index (χ2v) is 8.66. The molecule has 0 aromatic heterocycles. The fourth-order valence-electron chi connectivity index (χ4n) is 2.76. The minimum absolute atomic E-state index is 0.0868. The van der Waals surface area contributed by atoms with Crippen molar-refractivity contribution in [3.05, 3.63) is 65.7 Å². The van der Waals surface area contributed by atoms with Gasteiger partial charge in [-0.2, -0.15) is 5.11 Å². The van der Waals surface area contributed by atoms with Crippen LogP contribution >= 0.6 is 23.5 Å². The maximum atomic E-state index is 5.13. The van der Waals surface area contributed by atoms with Gasteiger partial charge in [0.15, 0.2) is 0 Å². The second-order valence-electron chi connectivity index (χ2n) is 6.38. The number of methoxy groups -OCH3 is 1. The summed E-state index contributed by atoms with van der Waals surface area (Å²) in [5.41, 5.74) is 2.70. The van der Waals surface area contributed by atoms with E-state index in [1.165, 1.54) is 0 Å². The number of rotatable bonds is 6. The van der Waals surface area contributed by atoms with Crippen LogP contribution in [-0.4, -0.2) is 36.7 Å². The van der Waals surface area contributed by atoms with E-state index in [4.69, 9.17) is 4.74 Å². The zero-order valence-electron chi connectivity index (χ0n) is 16.0. The molecule has 0 saturated carbocycles. The van der Waals surface area contributed by atoms with Gasteiger partial charge < -0.3 is 9.64 Å². The molecule has 2 atom stereocenters. The maximum absolute atomic E-state index is 5.13. The molecular formula is C20H20N6OS2. The SMILES string of the molecule is COCN(C)c1ccc(N=NC2=NC3SC(N=Nc4ccccc4)=CC3S2)cc1. The van der Waals surface area contributed by atoms with Crippen LogP contribution in [0.4, 0.5) is 17.1 Å². The minimum atomic E-state index is 0.0868. The van der Waals surface area contributed by atoms with E-state index in [2.05, 4.69) is 31.5 Å². The van der Waals surface area contributed by atoms with Gasteiger partial charge in [0.2, 0.25) is 5.17 Å². The van der Waals surface area contributed by atoms with E-state index in [9.17, 15) is 0 Å². The van der Waals surface area contributed by atoms with Crippen LogP contribution in [0, 0.1) is 0 Å². The summed E-state index contributed by atoms with van der Waals surface area (Å²) < 4.78 is 5.13. The third-order valence-corrected chi connectivity index (χ3v) is 6.53. The van der Waals surface area contributed by atoms with Crippen LogP contribution in [0.5, 0.6) is 0 Å². The lowest BCUT2D eigenvalue weighted by molar-refractivity contribution is 0.202. The molecule has 2 aromatic carbocycles. The minimum Gasteiger partial charge on any atom is -0.364 e. The molecule has 0 saturated heterocycles. The average Bonchev–Trinajstić information content (AvgIpc) is 3.30. The molecule has 0 spiro atoms. The summed E-state index contributed by atoms with van der Waals surface area (Å²) in [5, 5.41) is 19.1. The van der Waals surface area contributed by atoms with Crippen molar-refractivity contribution in [2.75, 3.05) is 25.8 Å². The van der Waals surface area contributed by atoms with Gasteiger partial charge in [-0.25, -0.2) is 4.99 Å². The van der Waals surface area contributed by atoms with Gasteiger partial charge in [0.25, 0.3) is 0 Å². The summed E-state index contributed by atoms with van der Waals surface area (Å²) in [6, 6.07) is 17.6. The lowest BCUT2D eigenvalue weighted by Crippen LogP contribution is -2.19. The van der Waals surface area contributed by atoms with E-state index < -0.39 is 0 Å².